The third kappa shape index (κ3) is 4.59. The van der Waals surface area contributed by atoms with E-state index in [0.717, 1.165) is 18.4 Å². The topological polar surface area (TPSA) is 63.3 Å². The van der Waals surface area contributed by atoms with Gasteiger partial charge in [-0.15, -0.1) is 12.4 Å². The van der Waals surface area contributed by atoms with E-state index in [1.54, 1.807) is 6.08 Å². The van der Waals surface area contributed by atoms with Crippen LogP contribution in [-0.4, -0.2) is 17.6 Å². The van der Waals surface area contributed by atoms with Crippen molar-refractivity contribution >= 4 is 24.5 Å². The number of carbonyl (C=O) groups is 1. The lowest BCUT2D eigenvalue weighted by molar-refractivity contribution is -0.131. The molecule has 0 radical (unpaired) electrons. The lowest BCUT2D eigenvalue weighted by Gasteiger charge is -2.10. The molecule has 0 aromatic heterocycles. The van der Waals surface area contributed by atoms with Gasteiger partial charge in [-0.05, 0) is 42.2 Å². The van der Waals surface area contributed by atoms with E-state index in [1.807, 2.05) is 18.2 Å². The maximum absolute atomic E-state index is 10.5. The number of aliphatic carboxylic acids is 1. The summed E-state index contributed by atoms with van der Waals surface area (Å²) in [5.74, 6) is -0.925. The predicted octanol–water partition coefficient (Wildman–Crippen LogP) is 2.27. The van der Waals surface area contributed by atoms with Crippen molar-refractivity contribution in [2.24, 2.45) is 5.73 Å². The van der Waals surface area contributed by atoms with Gasteiger partial charge in [0.25, 0.3) is 0 Å². The molecule has 0 atom stereocenters. The van der Waals surface area contributed by atoms with E-state index >= 15 is 0 Å². The molecule has 1 aromatic carbocycles. The van der Waals surface area contributed by atoms with E-state index in [4.69, 9.17) is 10.8 Å². The van der Waals surface area contributed by atoms with Gasteiger partial charge in [-0.2, -0.15) is 0 Å². The monoisotopic (exact) mass is 255 g/mol. The smallest absolute Gasteiger partial charge is 0.328 e. The van der Waals surface area contributed by atoms with Gasteiger partial charge in [-0.25, -0.2) is 4.79 Å². The summed E-state index contributed by atoms with van der Waals surface area (Å²) in [6, 6.07) is 5.91. The third-order valence-electron chi connectivity index (χ3n) is 2.48. The Morgan fingerprint density at radius 1 is 1.47 bits per heavy atom. The van der Waals surface area contributed by atoms with Gasteiger partial charge in [0, 0.05) is 6.08 Å². The highest BCUT2D eigenvalue weighted by Gasteiger charge is 2.04. The Kier molecular flexibility index (Phi) is 7.26. The second-order valence-corrected chi connectivity index (χ2v) is 3.55. The third-order valence-corrected chi connectivity index (χ3v) is 2.48. The van der Waals surface area contributed by atoms with Gasteiger partial charge in [0.15, 0.2) is 0 Å². The molecule has 0 spiro atoms. The Morgan fingerprint density at radius 3 is 2.71 bits per heavy atom. The summed E-state index contributed by atoms with van der Waals surface area (Å²) in [4.78, 5) is 10.5. The zero-order chi connectivity index (χ0) is 12.0. The first-order valence-electron chi connectivity index (χ1n) is 5.40. The van der Waals surface area contributed by atoms with E-state index < -0.39 is 5.97 Å². The quantitative estimate of drug-likeness (QED) is 0.794. The molecule has 1 rings (SSSR count). The Balaban J connectivity index is 0.00000256. The Morgan fingerprint density at radius 2 is 2.18 bits per heavy atom. The van der Waals surface area contributed by atoms with Crippen LogP contribution in [0.25, 0.3) is 6.08 Å². The molecule has 0 unspecified atom stereocenters. The summed E-state index contributed by atoms with van der Waals surface area (Å²) in [6.07, 6.45) is 4.52. The molecule has 0 saturated carbocycles. The van der Waals surface area contributed by atoms with E-state index in [0.29, 0.717) is 6.54 Å². The molecule has 0 saturated heterocycles. The SMILES string of the molecule is CCc1c(/C=C/C(=O)O)cccc1CCN.Cl. The maximum Gasteiger partial charge on any atom is 0.328 e. The second-order valence-electron chi connectivity index (χ2n) is 3.55. The number of benzene rings is 1. The van der Waals surface area contributed by atoms with Gasteiger partial charge < -0.3 is 10.8 Å². The molecule has 0 aliphatic heterocycles. The standard InChI is InChI=1S/C13H17NO2.ClH/c1-2-12-10(6-7-13(15)16)4-3-5-11(12)8-9-14;/h3-7H,2,8-9,14H2,1H3,(H,15,16);1H/b7-6+;. The Labute approximate surface area is 108 Å². The van der Waals surface area contributed by atoms with Crippen molar-refractivity contribution < 1.29 is 9.90 Å². The van der Waals surface area contributed by atoms with Crippen molar-refractivity contribution in [1.82, 2.24) is 0 Å². The molecule has 0 aliphatic rings. The van der Waals surface area contributed by atoms with Gasteiger partial charge in [-0.1, -0.05) is 25.1 Å². The van der Waals surface area contributed by atoms with Gasteiger partial charge >= 0.3 is 5.97 Å². The summed E-state index contributed by atoms with van der Waals surface area (Å²) >= 11 is 0. The van der Waals surface area contributed by atoms with E-state index in [-0.39, 0.29) is 12.4 Å². The summed E-state index contributed by atoms with van der Waals surface area (Å²) in [7, 11) is 0. The highest BCUT2D eigenvalue weighted by Crippen LogP contribution is 2.17. The average Bonchev–Trinajstić information content (AvgIpc) is 2.27. The molecule has 3 N–H and O–H groups in total. The molecule has 0 amide bonds. The van der Waals surface area contributed by atoms with Gasteiger partial charge in [0.1, 0.15) is 0 Å². The van der Waals surface area contributed by atoms with E-state index in [9.17, 15) is 4.79 Å². The van der Waals surface area contributed by atoms with Crippen LogP contribution in [0.2, 0.25) is 0 Å². The van der Waals surface area contributed by atoms with Crippen molar-refractivity contribution in [3.05, 3.63) is 41.0 Å². The molecule has 0 bridgehead atoms. The molecular weight excluding hydrogens is 238 g/mol. The molecule has 0 aliphatic carbocycles. The molecule has 0 fully saturated rings. The Hall–Kier alpha value is -1.32. The summed E-state index contributed by atoms with van der Waals surface area (Å²) < 4.78 is 0. The van der Waals surface area contributed by atoms with Gasteiger partial charge in [0.05, 0.1) is 0 Å². The van der Waals surface area contributed by atoms with Crippen LogP contribution in [0.5, 0.6) is 0 Å². The maximum atomic E-state index is 10.5. The number of carboxylic acid groups (broad SMARTS) is 1. The van der Waals surface area contributed by atoms with Crippen LogP contribution < -0.4 is 5.73 Å². The lowest BCUT2D eigenvalue weighted by Crippen LogP contribution is -2.06. The average molecular weight is 256 g/mol. The largest absolute Gasteiger partial charge is 0.478 e. The predicted molar refractivity (Wildman–Crippen MR) is 72.5 cm³/mol. The molecule has 3 nitrogen and oxygen atoms in total. The first kappa shape index (κ1) is 15.7. The van der Waals surface area contributed by atoms with Crippen LogP contribution in [0.15, 0.2) is 24.3 Å². The first-order valence-corrected chi connectivity index (χ1v) is 5.40. The molecule has 1 aromatic rings. The van der Waals surface area contributed by atoms with Gasteiger partial charge in [-0.3, -0.25) is 0 Å². The number of hydrogen-bond acceptors (Lipinski definition) is 2. The number of nitrogens with two attached hydrogens (primary N) is 1. The van der Waals surface area contributed by atoms with Crippen LogP contribution in [-0.2, 0) is 17.6 Å². The van der Waals surface area contributed by atoms with Crippen LogP contribution in [0.4, 0.5) is 0 Å². The zero-order valence-corrected chi connectivity index (χ0v) is 10.7. The number of carboxylic acids is 1. The summed E-state index contributed by atoms with van der Waals surface area (Å²) in [5, 5.41) is 8.60. The first-order chi connectivity index (χ1) is 7.69. The van der Waals surface area contributed by atoms with Crippen molar-refractivity contribution in [3.8, 4) is 0 Å². The van der Waals surface area contributed by atoms with Gasteiger partial charge in [0.2, 0.25) is 0 Å². The van der Waals surface area contributed by atoms with Crippen molar-refractivity contribution in [2.45, 2.75) is 19.8 Å². The molecule has 0 heterocycles. The highest BCUT2D eigenvalue weighted by atomic mass is 35.5. The zero-order valence-electron chi connectivity index (χ0n) is 9.85. The molecule has 4 heteroatoms. The lowest BCUT2D eigenvalue weighted by atomic mass is 9.96. The minimum absolute atomic E-state index is 0. The summed E-state index contributed by atoms with van der Waals surface area (Å²) in [6.45, 7) is 2.67. The highest BCUT2D eigenvalue weighted by molar-refractivity contribution is 5.86. The van der Waals surface area contributed by atoms with Crippen molar-refractivity contribution in [2.75, 3.05) is 6.54 Å². The normalized spacial score (nSPS) is 10.2. The number of rotatable bonds is 5. The van der Waals surface area contributed by atoms with Crippen LogP contribution in [0.1, 0.15) is 23.6 Å². The van der Waals surface area contributed by atoms with Crippen LogP contribution in [0, 0.1) is 0 Å². The van der Waals surface area contributed by atoms with Crippen molar-refractivity contribution in [3.63, 3.8) is 0 Å². The molecule has 17 heavy (non-hydrogen) atoms. The minimum Gasteiger partial charge on any atom is -0.478 e. The Bertz CT molecular complexity index is 402. The minimum atomic E-state index is -0.925. The van der Waals surface area contributed by atoms with Crippen molar-refractivity contribution in [1.29, 1.82) is 0 Å². The number of halogens is 1. The second kappa shape index (κ2) is 7.87. The summed E-state index contributed by atoms with van der Waals surface area (Å²) in [5.41, 5.74) is 8.90. The molecule has 94 valence electrons. The van der Waals surface area contributed by atoms with Crippen LogP contribution >= 0.6 is 12.4 Å². The van der Waals surface area contributed by atoms with Crippen LogP contribution in [0.3, 0.4) is 0 Å². The fourth-order valence-electron chi connectivity index (χ4n) is 1.79. The fourth-order valence-corrected chi connectivity index (χ4v) is 1.79. The number of hydrogen-bond donors (Lipinski definition) is 2. The van der Waals surface area contributed by atoms with E-state index in [2.05, 4.69) is 6.92 Å². The fraction of sp³-hybridized carbons (Fsp3) is 0.308. The van der Waals surface area contributed by atoms with E-state index in [1.165, 1.54) is 17.2 Å². The molecular formula is C13H18ClNO2.